The maximum Gasteiger partial charge on any atom is 0.359 e. The summed E-state index contributed by atoms with van der Waals surface area (Å²) < 4.78 is 15.1. The van der Waals surface area contributed by atoms with E-state index in [0.29, 0.717) is 12.0 Å². The number of hydrogen-bond donors (Lipinski definition) is 1. The Hall–Kier alpha value is -2.22. The number of rotatable bonds is 5. The predicted molar refractivity (Wildman–Crippen MR) is 82.5 cm³/mol. The van der Waals surface area contributed by atoms with Gasteiger partial charge in [0.05, 0.1) is 10.7 Å². The van der Waals surface area contributed by atoms with Crippen LogP contribution in [-0.2, 0) is 9.63 Å². The minimum Gasteiger partial charge on any atom is -0.380 e. The monoisotopic (exact) mass is 368 g/mol. The second-order valence-electron chi connectivity index (χ2n) is 4.46. The Morgan fingerprint density at radius 3 is 2.73 bits per heavy atom. The molecule has 0 aliphatic heterocycles. The van der Waals surface area contributed by atoms with Gasteiger partial charge in [0.1, 0.15) is 5.82 Å². The lowest BCUT2D eigenvalue weighted by Crippen LogP contribution is -2.22. The van der Waals surface area contributed by atoms with Crippen LogP contribution in [-0.4, -0.2) is 21.6 Å². The smallest absolute Gasteiger partial charge is 0.359 e. The molecular formula is C14H14BrFN4O2. The van der Waals surface area contributed by atoms with Crippen LogP contribution in [0.3, 0.4) is 0 Å². The van der Waals surface area contributed by atoms with Gasteiger partial charge in [-0.25, -0.2) is 9.18 Å². The Morgan fingerprint density at radius 1 is 1.50 bits per heavy atom. The topological polar surface area (TPSA) is 82.5 Å². The number of halogens is 2. The van der Waals surface area contributed by atoms with Crippen molar-refractivity contribution in [1.29, 1.82) is 0 Å². The van der Waals surface area contributed by atoms with Gasteiger partial charge in [0.25, 0.3) is 0 Å². The minimum atomic E-state index is -0.601. The first-order valence-electron chi connectivity index (χ1n) is 6.51. The van der Waals surface area contributed by atoms with Gasteiger partial charge in [-0.1, -0.05) is 12.1 Å². The maximum atomic E-state index is 12.8. The van der Waals surface area contributed by atoms with Gasteiger partial charge >= 0.3 is 5.97 Å². The van der Waals surface area contributed by atoms with Crippen molar-refractivity contribution in [3.8, 4) is 0 Å². The van der Waals surface area contributed by atoms with Crippen molar-refractivity contribution in [2.24, 2.45) is 10.9 Å². The molecule has 0 aliphatic carbocycles. The molecule has 0 amide bonds. The molecule has 6 nitrogen and oxygen atoms in total. The van der Waals surface area contributed by atoms with Crippen LogP contribution in [0.1, 0.15) is 24.9 Å². The van der Waals surface area contributed by atoms with Crippen molar-refractivity contribution >= 4 is 27.7 Å². The zero-order chi connectivity index (χ0) is 16.1. The number of nitrogens with zero attached hydrogens (tertiary/aromatic N) is 3. The number of nitrogens with two attached hydrogens (primary N) is 1. The first-order valence-corrected chi connectivity index (χ1v) is 7.30. The summed E-state index contributed by atoms with van der Waals surface area (Å²) in [6.07, 6.45) is 3.73. The molecule has 2 rings (SSSR count). The summed E-state index contributed by atoms with van der Waals surface area (Å²) in [6, 6.07) is 4.79. The van der Waals surface area contributed by atoms with E-state index in [4.69, 9.17) is 10.6 Å². The highest BCUT2D eigenvalue weighted by atomic mass is 79.9. The van der Waals surface area contributed by atoms with E-state index in [1.54, 1.807) is 12.4 Å². The lowest BCUT2D eigenvalue weighted by atomic mass is 10.2. The molecule has 0 fully saturated rings. The van der Waals surface area contributed by atoms with Crippen LogP contribution >= 0.6 is 15.9 Å². The molecule has 2 aromatic rings. The van der Waals surface area contributed by atoms with Crippen LogP contribution < -0.4 is 5.73 Å². The van der Waals surface area contributed by atoms with E-state index in [0.717, 1.165) is 4.47 Å². The number of carbonyl (C=O) groups excluding carboxylic acids is 1. The molecule has 0 bridgehead atoms. The van der Waals surface area contributed by atoms with E-state index in [9.17, 15) is 9.18 Å². The molecule has 1 unspecified atom stereocenters. The summed E-state index contributed by atoms with van der Waals surface area (Å²) >= 11 is 3.26. The quantitative estimate of drug-likeness (QED) is 0.380. The van der Waals surface area contributed by atoms with E-state index >= 15 is 0 Å². The molecule has 1 aromatic heterocycles. The van der Waals surface area contributed by atoms with E-state index in [2.05, 4.69) is 26.2 Å². The number of aromatic nitrogens is 2. The lowest BCUT2D eigenvalue weighted by Gasteiger charge is -2.11. The zero-order valence-electron chi connectivity index (χ0n) is 11.7. The van der Waals surface area contributed by atoms with Crippen molar-refractivity contribution in [2.75, 3.05) is 0 Å². The van der Waals surface area contributed by atoms with Crippen molar-refractivity contribution < 1.29 is 14.0 Å². The fourth-order valence-electron chi connectivity index (χ4n) is 1.78. The Balaban J connectivity index is 2.07. The molecule has 0 radical (unpaired) electrons. The molecule has 8 heteroatoms. The fraction of sp³-hybridized carbons (Fsp3) is 0.214. The Morgan fingerprint density at radius 2 is 2.18 bits per heavy atom. The van der Waals surface area contributed by atoms with Gasteiger partial charge in [-0.05, 0) is 46.6 Å². The van der Waals surface area contributed by atoms with Crippen molar-refractivity contribution in [1.82, 2.24) is 9.78 Å². The SMILES string of the molecule is CCC(C(=O)O/N=C(\N)c1ccc(F)cc1)n1cc(Br)cn1. The van der Waals surface area contributed by atoms with Gasteiger partial charge in [0, 0.05) is 11.8 Å². The number of carbonyl (C=O) groups is 1. The van der Waals surface area contributed by atoms with Crippen LogP contribution in [0.5, 0.6) is 0 Å². The van der Waals surface area contributed by atoms with Crippen LogP contribution in [0.25, 0.3) is 0 Å². The summed E-state index contributed by atoms with van der Waals surface area (Å²) in [6.45, 7) is 1.83. The second kappa shape index (κ2) is 7.17. The molecule has 1 aromatic carbocycles. The third-order valence-corrected chi connectivity index (χ3v) is 3.33. The summed E-state index contributed by atoms with van der Waals surface area (Å²) in [5.41, 5.74) is 6.16. The Labute approximate surface area is 134 Å². The van der Waals surface area contributed by atoms with Crippen LogP contribution in [0.2, 0.25) is 0 Å². The van der Waals surface area contributed by atoms with Crippen LogP contribution in [0.4, 0.5) is 4.39 Å². The van der Waals surface area contributed by atoms with E-state index < -0.39 is 12.0 Å². The first-order chi connectivity index (χ1) is 10.5. The highest BCUT2D eigenvalue weighted by Gasteiger charge is 2.21. The van der Waals surface area contributed by atoms with Gasteiger partial charge in [0.2, 0.25) is 0 Å². The van der Waals surface area contributed by atoms with E-state index in [-0.39, 0.29) is 11.7 Å². The maximum absolute atomic E-state index is 12.8. The molecule has 0 aliphatic rings. The summed E-state index contributed by atoms with van der Waals surface area (Å²) in [5, 5.41) is 7.65. The van der Waals surface area contributed by atoms with Crippen LogP contribution in [0.15, 0.2) is 46.3 Å². The van der Waals surface area contributed by atoms with Crippen LogP contribution in [0, 0.1) is 5.82 Å². The standard InChI is InChI=1S/C14H14BrFN4O2/c1-2-12(20-8-10(15)7-18-20)14(21)22-19-13(17)9-3-5-11(16)6-4-9/h3-8,12H,2H2,1H3,(H2,17,19). The van der Waals surface area contributed by atoms with Crippen molar-refractivity contribution in [3.63, 3.8) is 0 Å². The van der Waals surface area contributed by atoms with Gasteiger partial charge in [-0.2, -0.15) is 5.10 Å². The highest BCUT2D eigenvalue weighted by molar-refractivity contribution is 9.10. The predicted octanol–water partition coefficient (Wildman–Crippen LogP) is 2.60. The number of oxime groups is 1. The second-order valence-corrected chi connectivity index (χ2v) is 5.37. The molecule has 22 heavy (non-hydrogen) atoms. The van der Waals surface area contributed by atoms with Gasteiger partial charge in [-0.15, -0.1) is 0 Å². The number of hydrogen-bond acceptors (Lipinski definition) is 4. The first kappa shape index (κ1) is 16.2. The van der Waals surface area contributed by atoms with Gasteiger partial charge < -0.3 is 10.6 Å². The molecule has 0 saturated carbocycles. The molecule has 116 valence electrons. The number of amidine groups is 1. The Bertz CT molecular complexity index is 684. The molecular weight excluding hydrogens is 355 g/mol. The molecule has 2 N–H and O–H groups in total. The minimum absolute atomic E-state index is 0.00940. The van der Waals surface area contributed by atoms with Crippen molar-refractivity contribution in [2.45, 2.75) is 19.4 Å². The van der Waals surface area contributed by atoms with Gasteiger partial charge in [-0.3, -0.25) is 4.68 Å². The van der Waals surface area contributed by atoms with E-state index in [1.165, 1.54) is 28.9 Å². The third-order valence-electron chi connectivity index (χ3n) is 2.92. The molecule has 0 spiro atoms. The molecule has 1 atom stereocenters. The summed E-state index contributed by atoms with van der Waals surface area (Å²) in [5.74, 6) is -0.975. The third kappa shape index (κ3) is 3.91. The average molecular weight is 369 g/mol. The van der Waals surface area contributed by atoms with Gasteiger partial charge in [0.15, 0.2) is 11.9 Å². The fourth-order valence-corrected chi connectivity index (χ4v) is 2.08. The summed E-state index contributed by atoms with van der Waals surface area (Å²) in [4.78, 5) is 16.9. The Kier molecular flexibility index (Phi) is 5.26. The molecule has 1 heterocycles. The molecule has 0 saturated heterocycles. The van der Waals surface area contributed by atoms with E-state index in [1.807, 2.05) is 6.92 Å². The summed E-state index contributed by atoms with van der Waals surface area (Å²) in [7, 11) is 0. The zero-order valence-corrected chi connectivity index (χ0v) is 13.3. The highest BCUT2D eigenvalue weighted by Crippen LogP contribution is 2.16. The van der Waals surface area contributed by atoms with Crippen molar-refractivity contribution in [3.05, 3.63) is 52.5 Å². The average Bonchev–Trinajstić information content (AvgIpc) is 2.92. The number of benzene rings is 1. The normalized spacial score (nSPS) is 13.0. The largest absolute Gasteiger partial charge is 0.380 e. The lowest BCUT2D eigenvalue weighted by molar-refractivity contribution is -0.148.